The molecule has 0 aromatic heterocycles. The molecule has 1 amide bonds. The van der Waals surface area contributed by atoms with Crippen LogP contribution in [-0.4, -0.2) is 42.3 Å². The van der Waals surface area contributed by atoms with Crippen LogP contribution in [-0.2, 0) is 9.53 Å². The van der Waals surface area contributed by atoms with Gasteiger partial charge in [-0.05, 0) is 35.5 Å². The van der Waals surface area contributed by atoms with E-state index in [0.29, 0.717) is 23.1 Å². The number of ether oxygens (including phenoxy) is 1. The topological polar surface area (TPSA) is 41.9 Å². The van der Waals surface area contributed by atoms with Gasteiger partial charge >= 0.3 is 0 Å². The Morgan fingerprint density at radius 1 is 1.35 bits per heavy atom. The second-order valence-electron chi connectivity index (χ2n) is 4.46. The number of rotatable bonds is 1. The summed E-state index contributed by atoms with van der Waals surface area (Å²) in [6, 6.07) is 7.42. The fraction of sp³-hybridized carbons (Fsp3) is 0.286. The molecule has 2 aliphatic rings. The predicted octanol–water partition coefficient (Wildman–Crippen LogP) is 2.64. The molecule has 1 aromatic carbocycles. The van der Waals surface area contributed by atoms with Gasteiger partial charge in [0.15, 0.2) is 5.17 Å². The molecule has 2 heterocycles. The van der Waals surface area contributed by atoms with Crippen LogP contribution in [0, 0.1) is 0 Å². The SMILES string of the molecule is O=C1N=C(N2CCOCC2)SC1=Cc1cccc(Cl)c1. The van der Waals surface area contributed by atoms with Crippen molar-refractivity contribution in [2.75, 3.05) is 26.3 Å². The van der Waals surface area contributed by atoms with E-state index in [-0.39, 0.29) is 5.91 Å². The van der Waals surface area contributed by atoms with Crippen LogP contribution in [0.15, 0.2) is 34.2 Å². The van der Waals surface area contributed by atoms with Crippen molar-refractivity contribution in [3.8, 4) is 0 Å². The summed E-state index contributed by atoms with van der Waals surface area (Å²) in [5.74, 6) is -0.184. The van der Waals surface area contributed by atoms with Crippen LogP contribution in [0.2, 0.25) is 5.02 Å². The zero-order chi connectivity index (χ0) is 13.9. The number of aliphatic imine (C=N–C) groups is 1. The van der Waals surface area contributed by atoms with Crippen molar-refractivity contribution in [3.63, 3.8) is 0 Å². The Labute approximate surface area is 126 Å². The Hall–Kier alpha value is -1.30. The van der Waals surface area contributed by atoms with Gasteiger partial charge in [0.05, 0.1) is 18.1 Å². The lowest BCUT2D eigenvalue weighted by molar-refractivity contribution is -0.113. The highest BCUT2D eigenvalue weighted by atomic mass is 35.5. The van der Waals surface area contributed by atoms with Gasteiger partial charge in [0.2, 0.25) is 0 Å². The first-order valence-corrected chi connectivity index (χ1v) is 7.53. The quantitative estimate of drug-likeness (QED) is 0.748. The number of morpholine rings is 1. The smallest absolute Gasteiger partial charge is 0.286 e. The summed E-state index contributed by atoms with van der Waals surface area (Å²) in [5, 5.41) is 1.43. The molecule has 1 saturated heterocycles. The molecule has 1 aromatic rings. The van der Waals surface area contributed by atoms with Gasteiger partial charge in [0.25, 0.3) is 5.91 Å². The molecule has 0 N–H and O–H groups in total. The normalized spacial score (nSPS) is 21.4. The van der Waals surface area contributed by atoms with Crippen LogP contribution < -0.4 is 0 Å². The van der Waals surface area contributed by atoms with Crippen LogP contribution in [0.5, 0.6) is 0 Å². The van der Waals surface area contributed by atoms with Crippen molar-refractivity contribution in [2.45, 2.75) is 0 Å². The fourth-order valence-corrected chi connectivity index (χ4v) is 3.20. The monoisotopic (exact) mass is 308 g/mol. The van der Waals surface area contributed by atoms with Crippen molar-refractivity contribution < 1.29 is 9.53 Å². The van der Waals surface area contributed by atoms with Crippen LogP contribution in [0.1, 0.15) is 5.56 Å². The van der Waals surface area contributed by atoms with Gasteiger partial charge in [-0.1, -0.05) is 23.7 Å². The van der Waals surface area contributed by atoms with E-state index in [0.717, 1.165) is 23.8 Å². The van der Waals surface area contributed by atoms with Gasteiger partial charge in [0, 0.05) is 18.1 Å². The summed E-state index contributed by atoms with van der Waals surface area (Å²) >= 11 is 7.36. The van der Waals surface area contributed by atoms with Crippen molar-refractivity contribution in [3.05, 3.63) is 39.8 Å². The molecule has 0 bridgehead atoms. The van der Waals surface area contributed by atoms with Crippen molar-refractivity contribution in [1.82, 2.24) is 4.90 Å². The van der Waals surface area contributed by atoms with E-state index in [1.54, 1.807) is 0 Å². The zero-order valence-electron chi connectivity index (χ0n) is 10.7. The lowest BCUT2D eigenvalue weighted by Crippen LogP contribution is -2.38. The third-order valence-electron chi connectivity index (χ3n) is 3.04. The van der Waals surface area contributed by atoms with Gasteiger partial charge < -0.3 is 9.64 Å². The van der Waals surface area contributed by atoms with Crippen LogP contribution in [0.3, 0.4) is 0 Å². The van der Waals surface area contributed by atoms with E-state index < -0.39 is 0 Å². The maximum absolute atomic E-state index is 11.9. The first kappa shape index (κ1) is 13.7. The van der Waals surface area contributed by atoms with E-state index in [2.05, 4.69) is 9.89 Å². The number of amides is 1. The molecule has 0 unspecified atom stereocenters. The Bertz CT molecular complexity index is 595. The molecule has 20 heavy (non-hydrogen) atoms. The van der Waals surface area contributed by atoms with Crippen LogP contribution in [0.4, 0.5) is 0 Å². The number of carbonyl (C=O) groups excluding carboxylic acids is 1. The Kier molecular flexibility index (Phi) is 4.10. The number of benzene rings is 1. The summed E-state index contributed by atoms with van der Waals surface area (Å²) in [4.78, 5) is 18.8. The molecule has 0 atom stereocenters. The molecular formula is C14H13ClN2O2S. The Morgan fingerprint density at radius 2 is 2.15 bits per heavy atom. The first-order valence-electron chi connectivity index (χ1n) is 6.33. The number of nitrogens with zero attached hydrogens (tertiary/aromatic N) is 2. The molecular weight excluding hydrogens is 296 g/mol. The molecule has 0 aliphatic carbocycles. The average molecular weight is 309 g/mol. The number of carbonyl (C=O) groups is 1. The second-order valence-corrected chi connectivity index (χ2v) is 5.91. The van der Waals surface area contributed by atoms with Gasteiger partial charge in [0.1, 0.15) is 0 Å². The summed E-state index contributed by atoms with van der Waals surface area (Å²) in [6.45, 7) is 2.93. The van der Waals surface area contributed by atoms with Gasteiger partial charge in [-0.25, -0.2) is 0 Å². The molecule has 0 spiro atoms. The summed E-state index contributed by atoms with van der Waals surface area (Å²) in [5.41, 5.74) is 0.909. The lowest BCUT2D eigenvalue weighted by atomic mass is 10.2. The van der Waals surface area contributed by atoms with Crippen molar-refractivity contribution >= 4 is 40.5 Å². The number of halogens is 1. The van der Waals surface area contributed by atoms with E-state index in [1.807, 2.05) is 30.3 Å². The minimum atomic E-state index is -0.184. The van der Waals surface area contributed by atoms with Gasteiger partial charge in [-0.2, -0.15) is 4.99 Å². The van der Waals surface area contributed by atoms with Crippen molar-refractivity contribution in [1.29, 1.82) is 0 Å². The third-order valence-corrected chi connectivity index (χ3v) is 4.32. The summed E-state index contributed by atoms with van der Waals surface area (Å²) in [6.07, 6.45) is 1.83. The summed E-state index contributed by atoms with van der Waals surface area (Å²) < 4.78 is 5.30. The number of thioether (sulfide) groups is 1. The van der Waals surface area contributed by atoms with Crippen molar-refractivity contribution in [2.24, 2.45) is 4.99 Å². The number of hydrogen-bond acceptors (Lipinski definition) is 4. The maximum atomic E-state index is 11.9. The van der Waals surface area contributed by atoms with E-state index in [1.165, 1.54) is 11.8 Å². The minimum Gasteiger partial charge on any atom is -0.378 e. The Morgan fingerprint density at radius 3 is 2.90 bits per heavy atom. The number of amidine groups is 1. The largest absolute Gasteiger partial charge is 0.378 e. The van der Waals surface area contributed by atoms with Crippen LogP contribution >= 0.6 is 23.4 Å². The maximum Gasteiger partial charge on any atom is 0.286 e. The zero-order valence-corrected chi connectivity index (χ0v) is 12.3. The van der Waals surface area contributed by atoms with Crippen LogP contribution in [0.25, 0.3) is 6.08 Å². The number of hydrogen-bond donors (Lipinski definition) is 0. The van der Waals surface area contributed by atoms with E-state index >= 15 is 0 Å². The average Bonchev–Trinajstić information content (AvgIpc) is 2.81. The molecule has 0 saturated carbocycles. The highest BCUT2D eigenvalue weighted by molar-refractivity contribution is 8.18. The van der Waals surface area contributed by atoms with E-state index in [4.69, 9.17) is 16.3 Å². The molecule has 0 radical (unpaired) electrons. The second kappa shape index (κ2) is 5.99. The molecule has 3 rings (SSSR count). The fourth-order valence-electron chi connectivity index (χ4n) is 2.04. The third kappa shape index (κ3) is 3.06. The summed E-state index contributed by atoms with van der Waals surface area (Å²) in [7, 11) is 0. The molecule has 1 fully saturated rings. The molecule has 2 aliphatic heterocycles. The van der Waals surface area contributed by atoms with Gasteiger partial charge in [-0.3, -0.25) is 4.79 Å². The molecule has 6 heteroatoms. The standard InChI is InChI=1S/C14H13ClN2O2S/c15-11-3-1-2-10(8-11)9-12-13(18)16-14(20-12)17-4-6-19-7-5-17/h1-3,8-9H,4-7H2. The highest BCUT2D eigenvalue weighted by Gasteiger charge is 2.26. The lowest BCUT2D eigenvalue weighted by Gasteiger charge is -2.27. The Balaban J connectivity index is 1.76. The molecule has 4 nitrogen and oxygen atoms in total. The van der Waals surface area contributed by atoms with Gasteiger partial charge in [-0.15, -0.1) is 0 Å². The highest BCUT2D eigenvalue weighted by Crippen LogP contribution is 2.30. The minimum absolute atomic E-state index is 0.184. The first-order chi connectivity index (χ1) is 9.72. The predicted molar refractivity (Wildman–Crippen MR) is 81.9 cm³/mol. The van der Waals surface area contributed by atoms with E-state index in [9.17, 15) is 4.79 Å². The molecule has 104 valence electrons.